The summed E-state index contributed by atoms with van der Waals surface area (Å²) in [5.74, 6) is 1.87. The van der Waals surface area contributed by atoms with Crippen LogP contribution in [0, 0.1) is 17.8 Å². The third-order valence-corrected chi connectivity index (χ3v) is 3.94. The number of carbonyl (C=O) groups is 1. The standard InChI is InChI=1S/C11H19NO/c12-11(13)10-6-5-8-3-1-2-4-9(8)7-10/h8-10H,1-7H2,(H2,12,13)/t8-,9+,10-/m0/s1. The normalized spacial score (nSPS) is 39.5. The predicted octanol–water partition coefficient (Wildman–Crippen LogP) is 2.08. The second-order valence-corrected chi connectivity index (χ2v) is 4.72. The van der Waals surface area contributed by atoms with Gasteiger partial charge in [0, 0.05) is 5.92 Å². The average Bonchev–Trinajstić information content (AvgIpc) is 2.17. The van der Waals surface area contributed by atoms with Crippen molar-refractivity contribution in [3.63, 3.8) is 0 Å². The fraction of sp³-hybridized carbons (Fsp3) is 0.909. The number of carbonyl (C=O) groups excluding carboxylic acids is 1. The minimum Gasteiger partial charge on any atom is -0.369 e. The zero-order valence-corrected chi connectivity index (χ0v) is 8.17. The number of amides is 1. The molecule has 2 nitrogen and oxygen atoms in total. The van der Waals surface area contributed by atoms with Crippen molar-refractivity contribution in [1.82, 2.24) is 0 Å². The molecule has 2 N–H and O–H groups in total. The molecule has 74 valence electrons. The van der Waals surface area contributed by atoms with E-state index in [0.717, 1.165) is 24.7 Å². The van der Waals surface area contributed by atoms with Gasteiger partial charge in [0.2, 0.25) is 5.91 Å². The maximum Gasteiger partial charge on any atom is 0.220 e. The third kappa shape index (κ3) is 1.87. The van der Waals surface area contributed by atoms with Gasteiger partial charge in [-0.3, -0.25) is 4.79 Å². The molecular formula is C11H19NO. The Balaban J connectivity index is 1.95. The fourth-order valence-electron chi connectivity index (χ4n) is 3.13. The Morgan fingerprint density at radius 3 is 2.38 bits per heavy atom. The van der Waals surface area contributed by atoms with Crippen molar-refractivity contribution in [1.29, 1.82) is 0 Å². The lowest BCUT2D eigenvalue weighted by Crippen LogP contribution is -2.34. The van der Waals surface area contributed by atoms with Gasteiger partial charge < -0.3 is 5.73 Å². The van der Waals surface area contributed by atoms with Gasteiger partial charge in [0.25, 0.3) is 0 Å². The zero-order chi connectivity index (χ0) is 9.26. The summed E-state index contributed by atoms with van der Waals surface area (Å²) in [5, 5.41) is 0. The smallest absolute Gasteiger partial charge is 0.220 e. The lowest BCUT2D eigenvalue weighted by atomic mass is 9.67. The Morgan fingerprint density at radius 2 is 1.69 bits per heavy atom. The topological polar surface area (TPSA) is 43.1 Å². The van der Waals surface area contributed by atoms with Gasteiger partial charge in [-0.15, -0.1) is 0 Å². The Morgan fingerprint density at radius 1 is 1.00 bits per heavy atom. The molecule has 0 saturated heterocycles. The van der Waals surface area contributed by atoms with Gasteiger partial charge in [-0.05, 0) is 31.1 Å². The van der Waals surface area contributed by atoms with Crippen LogP contribution in [-0.2, 0) is 4.79 Å². The summed E-state index contributed by atoms with van der Waals surface area (Å²) < 4.78 is 0. The highest BCUT2D eigenvalue weighted by Gasteiger charge is 2.33. The maximum absolute atomic E-state index is 11.1. The Bertz CT molecular complexity index is 202. The molecule has 2 saturated carbocycles. The monoisotopic (exact) mass is 181 g/mol. The molecule has 0 spiro atoms. The van der Waals surface area contributed by atoms with Crippen LogP contribution in [0.5, 0.6) is 0 Å². The molecule has 2 heteroatoms. The Kier molecular flexibility index (Phi) is 2.56. The van der Waals surface area contributed by atoms with E-state index in [1.807, 2.05) is 0 Å². The molecule has 2 aliphatic carbocycles. The highest BCUT2D eigenvalue weighted by Crippen LogP contribution is 2.42. The van der Waals surface area contributed by atoms with E-state index >= 15 is 0 Å². The molecule has 0 radical (unpaired) electrons. The third-order valence-electron chi connectivity index (χ3n) is 3.94. The van der Waals surface area contributed by atoms with Gasteiger partial charge in [-0.2, -0.15) is 0 Å². The van der Waals surface area contributed by atoms with Crippen molar-refractivity contribution in [2.75, 3.05) is 0 Å². The van der Waals surface area contributed by atoms with E-state index < -0.39 is 0 Å². The number of fused-ring (bicyclic) bond motifs is 1. The van der Waals surface area contributed by atoms with Crippen molar-refractivity contribution >= 4 is 5.91 Å². The first kappa shape index (κ1) is 9.04. The van der Waals surface area contributed by atoms with E-state index in [0.29, 0.717) is 0 Å². The van der Waals surface area contributed by atoms with Crippen LogP contribution in [0.4, 0.5) is 0 Å². The molecular weight excluding hydrogens is 162 g/mol. The van der Waals surface area contributed by atoms with Crippen LogP contribution in [0.25, 0.3) is 0 Å². The van der Waals surface area contributed by atoms with E-state index in [9.17, 15) is 4.79 Å². The molecule has 0 unspecified atom stereocenters. The summed E-state index contributed by atoms with van der Waals surface area (Å²) >= 11 is 0. The first-order valence-electron chi connectivity index (χ1n) is 5.56. The van der Waals surface area contributed by atoms with E-state index in [2.05, 4.69) is 0 Å². The van der Waals surface area contributed by atoms with Gasteiger partial charge >= 0.3 is 0 Å². The van der Waals surface area contributed by atoms with E-state index in [4.69, 9.17) is 5.73 Å². The first-order valence-corrected chi connectivity index (χ1v) is 5.56. The second-order valence-electron chi connectivity index (χ2n) is 4.72. The van der Waals surface area contributed by atoms with E-state index in [1.54, 1.807) is 0 Å². The second kappa shape index (κ2) is 3.69. The first-order chi connectivity index (χ1) is 6.27. The average molecular weight is 181 g/mol. The van der Waals surface area contributed by atoms with Crippen molar-refractivity contribution < 1.29 is 4.79 Å². The van der Waals surface area contributed by atoms with Gasteiger partial charge in [-0.25, -0.2) is 0 Å². The lowest BCUT2D eigenvalue weighted by molar-refractivity contribution is -0.123. The summed E-state index contributed by atoms with van der Waals surface area (Å²) in [6.45, 7) is 0. The summed E-state index contributed by atoms with van der Waals surface area (Å²) in [6.07, 6.45) is 8.90. The quantitative estimate of drug-likeness (QED) is 0.661. The van der Waals surface area contributed by atoms with Crippen LogP contribution in [0.1, 0.15) is 44.9 Å². The number of rotatable bonds is 1. The van der Waals surface area contributed by atoms with Crippen LogP contribution in [0.3, 0.4) is 0 Å². The largest absolute Gasteiger partial charge is 0.369 e. The van der Waals surface area contributed by atoms with Gasteiger partial charge in [-0.1, -0.05) is 25.7 Å². The lowest BCUT2D eigenvalue weighted by Gasteiger charge is -2.38. The van der Waals surface area contributed by atoms with Gasteiger partial charge in [0.1, 0.15) is 0 Å². The van der Waals surface area contributed by atoms with Crippen LogP contribution < -0.4 is 5.73 Å². The molecule has 0 aromatic heterocycles. The van der Waals surface area contributed by atoms with Gasteiger partial charge in [0.05, 0.1) is 0 Å². The molecule has 0 aromatic rings. The highest BCUT2D eigenvalue weighted by molar-refractivity contribution is 5.76. The van der Waals surface area contributed by atoms with Crippen molar-refractivity contribution in [2.45, 2.75) is 44.9 Å². The molecule has 0 bridgehead atoms. The molecule has 1 amide bonds. The fourth-order valence-corrected chi connectivity index (χ4v) is 3.13. The van der Waals surface area contributed by atoms with Crippen LogP contribution in [0.2, 0.25) is 0 Å². The number of hydrogen-bond donors (Lipinski definition) is 1. The molecule has 0 aromatic carbocycles. The summed E-state index contributed by atoms with van der Waals surface area (Å²) in [7, 11) is 0. The molecule has 2 aliphatic rings. The van der Waals surface area contributed by atoms with Gasteiger partial charge in [0.15, 0.2) is 0 Å². The van der Waals surface area contributed by atoms with Crippen LogP contribution in [0.15, 0.2) is 0 Å². The predicted molar refractivity (Wildman–Crippen MR) is 52.0 cm³/mol. The summed E-state index contributed by atoms with van der Waals surface area (Å²) in [5.41, 5.74) is 5.35. The Hall–Kier alpha value is -0.530. The number of nitrogens with two attached hydrogens (primary N) is 1. The summed E-state index contributed by atoms with van der Waals surface area (Å²) in [6, 6.07) is 0. The minimum absolute atomic E-state index is 0.0657. The number of hydrogen-bond acceptors (Lipinski definition) is 1. The van der Waals surface area contributed by atoms with Crippen molar-refractivity contribution in [2.24, 2.45) is 23.5 Å². The van der Waals surface area contributed by atoms with Crippen molar-refractivity contribution in [3.05, 3.63) is 0 Å². The summed E-state index contributed by atoms with van der Waals surface area (Å²) in [4.78, 5) is 11.1. The zero-order valence-electron chi connectivity index (χ0n) is 8.17. The van der Waals surface area contributed by atoms with E-state index in [1.165, 1.54) is 32.1 Å². The maximum atomic E-state index is 11.1. The molecule has 3 atom stereocenters. The van der Waals surface area contributed by atoms with Crippen LogP contribution >= 0.6 is 0 Å². The highest BCUT2D eigenvalue weighted by atomic mass is 16.1. The van der Waals surface area contributed by atoms with Crippen molar-refractivity contribution in [3.8, 4) is 0 Å². The minimum atomic E-state index is -0.0657. The molecule has 13 heavy (non-hydrogen) atoms. The van der Waals surface area contributed by atoms with E-state index in [-0.39, 0.29) is 11.8 Å². The molecule has 2 rings (SSSR count). The van der Waals surface area contributed by atoms with Crippen LogP contribution in [-0.4, -0.2) is 5.91 Å². The molecule has 0 heterocycles. The SMILES string of the molecule is NC(=O)[C@H]1CC[C@@H]2CCCC[C@@H]2C1. The Labute approximate surface area is 79.9 Å². The number of primary amides is 1. The molecule has 2 fully saturated rings. The molecule has 0 aliphatic heterocycles.